The fourth-order valence-corrected chi connectivity index (χ4v) is 5.17. The van der Waals surface area contributed by atoms with Crippen molar-refractivity contribution < 1.29 is 19.1 Å². The minimum absolute atomic E-state index is 0.0975. The van der Waals surface area contributed by atoms with Crippen molar-refractivity contribution in [3.05, 3.63) is 65.4 Å². The highest BCUT2D eigenvalue weighted by molar-refractivity contribution is 7.99. The van der Waals surface area contributed by atoms with E-state index in [1.165, 1.54) is 0 Å². The molecule has 1 aliphatic heterocycles. The van der Waals surface area contributed by atoms with Gasteiger partial charge < -0.3 is 25.0 Å². The number of ether oxygens (including phenoxy) is 2. The second-order valence-corrected chi connectivity index (χ2v) is 10.2. The first-order chi connectivity index (χ1) is 19.4. The Morgan fingerprint density at radius 3 is 2.52 bits per heavy atom. The molecule has 2 heterocycles. The van der Waals surface area contributed by atoms with Gasteiger partial charge in [-0.05, 0) is 57.0 Å². The van der Waals surface area contributed by atoms with Crippen molar-refractivity contribution in [1.29, 1.82) is 0 Å². The second-order valence-electron chi connectivity index (χ2n) is 9.16. The minimum atomic E-state index is -0.580. The van der Waals surface area contributed by atoms with Crippen molar-refractivity contribution >= 4 is 35.2 Å². The van der Waals surface area contributed by atoms with Crippen molar-refractivity contribution in [2.45, 2.75) is 45.3 Å². The number of hydrogen-bond donors (Lipinski definition) is 2. The number of aromatic nitrogens is 3. The molecule has 0 saturated carbocycles. The van der Waals surface area contributed by atoms with Gasteiger partial charge >= 0.3 is 0 Å². The van der Waals surface area contributed by atoms with Gasteiger partial charge in [-0.1, -0.05) is 43.0 Å². The maximum Gasteiger partial charge on any atom is 0.260 e. The first kappa shape index (κ1) is 29.0. The Hall–Kier alpha value is -3.99. The van der Waals surface area contributed by atoms with E-state index in [2.05, 4.69) is 22.5 Å². The number of rotatable bonds is 12. The van der Waals surface area contributed by atoms with Crippen LogP contribution < -0.4 is 20.1 Å². The number of fused-ring (bicyclic) bond motifs is 1. The minimum Gasteiger partial charge on any atom is -0.493 e. The Morgan fingerprint density at radius 1 is 1.10 bits per heavy atom. The summed E-state index contributed by atoms with van der Waals surface area (Å²) < 4.78 is 13.2. The van der Waals surface area contributed by atoms with E-state index in [9.17, 15) is 9.59 Å². The Kier molecular flexibility index (Phi) is 9.70. The van der Waals surface area contributed by atoms with Gasteiger partial charge in [-0.15, -0.1) is 5.10 Å². The number of benzene rings is 2. The molecular formula is C29H36N6O4S. The number of amides is 2. The number of hydrogen-bond acceptors (Lipinski definition) is 8. The lowest BCUT2D eigenvalue weighted by Crippen LogP contribution is -2.34. The van der Waals surface area contributed by atoms with Gasteiger partial charge in [0.1, 0.15) is 6.04 Å². The zero-order chi connectivity index (χ0) is 28.6. The monoisotopic (exact) mass is 564 g/mol. The number of nitrogens with zero attached hydrogens (tertiary/aromatic N) is 4. The Labute approximate surface area is 239 Å². The molecule has 0 spiro atoms. The first-order valence-electron chi connectivity index (χ1n) is 13.4. The highest BCUT2D eigenvalue weighted by atomic mass is 32.2. The molecule has 1 aliphatic rings. The third kappa shape index (κ3) is 6.41. The van der Waals surface area contributed by atoms with Crippen LogP contribution in [0.25, 0.3) is 0 Å². The number of allylic oxidation sites excluding steroid dienone is 1. The van der Waals surface area contributed by atoms with E-state index in [0.717, 1.165) is 17.7 Å². The first-order valence-corrected chi connectivity index (χ1v) is 14.4. The molecule has 4 rings (SSSR count). The summed E-state index contributed by atoms with van der Waals surface area (Å²) in [5.74, 6) is 1.97. The molecule has 212 valence electrons. The van der Waals surface area contributed by atoms with Gasteiger partial charge in [0.2, 0.25) is 11.1 Å². The van der Waals surface area contributed by atoms with Crippen LogP contribution in [0.3, 0.4) is 0 Å². The third-order valence-corrected chi connectivity index (χ3v) is 7.56. The molecule has 0 saturated heterocycles. The lowest BCUT2D eigenvalue weighted by molar-refractivity contribution is -0.133. The van der Waals surface area contributed by atoms with Crippen LogP contribution >= 0.6 is 11.8 Å². The number of para-hydroxylation sites is 1. The summed E-state index contributed by atoms with van der Waals surface area (Å²) in [5.41, 5.74) is 2.63. The van der Waals surface area contributed by atoms with E-state index >= 15 is 0 Å². The molecule has 1 unspecified atom stereocenters. The van der Waals surface area contributed by atoms with Crippen LogP contribution in [0.1, 0.15) is 45.7 Å². The number of nitrogens with one attached hydrogen (secondary N) is 2. The molecule has 2 aromatic carbocycles. The van der Waals surface area contributed by atoms with Crippen molar-refractivity contribution in [2.75, 3.05) is 43.2 Å². The number of carbonyl (C=O) groups excluding carboxylic acids is 2. The van der Waals surface area contributed by atoms with Crippen LogP contribution in [0, 0.1) is 0 Å². The van der Waals surface area contributed by atoms with Crippen LogP contribution in [-0.2, 0) is 9.59 Å². The van der Waals surface area contributed by atoms with Gasteiger partial charge in [-0.2, -0.15) is 4.98 Å². The third-order valence-electron chi connectivity index (χ3n) is 6.52. The molecule has 3 aromatic rings. The lowest BCUT2D eigenvalue weighted by atomic mass is 9.94. The van der Waals surface area contributed by atoms with Gasteiger partial charge in [0.25, 0.3) is 11.8 Å². The highest BCUT2D eigenvalue weighted by Gasteiger charge is 2.35. The molecule has 2 N–H and O–H groups in total. The number of anilines is 2. The van der Waals surface area contributed by atoms with Gasteiger partial charge in [-0.25, -0.2) is 4.68 Å². The Balaban J connectivity index is 1.71. The van der Waals surface area contributed by atoms with Crippen molar-refractivity contribution in [2.24, 2.45) is 0 Å². The van der Waals surface area contributed by atoms with Gasteiger partial charge in [0, 0.05) is 30.2 Å². The molecule has 1 atom stereocenters. The van der Waals surface area contributed by atoms with E-state index in [4.69, 9.17) is 14.6 Å². The molecule has 11 heteroatoms. The smallest absolute Gasteiger partial charge is 0.260 e. The summed E-state index contributed by atoms with van der Waals surface area (Å²) in [7, 11) is 1.55. The fraction of sp³-hybridized carbons (Fsp3) is 0.379. The summed E-state index contributed by atoms with van der Waals surface area (Å²) in [5, 5.41) is 11.7. The van der Waals surface area contributed by atoms with E-state index < -0.39 is 6.04 Å². The van der Waals surface area contributed by atoms with Crippen LogP contribution in [-0.4, -0.2) is 64.0 Å². The van der Waals surface area contributed by atoms with Crippen LogP contribution in [0.4, 0.5) is 11.6 Å². The maximum atomic E-state index is 13.7. The predicted octanol–water partition coefficient (Wildman–Crippen LogP) is 4.96. The van der Waals surface area contributed by atoms with Gasteiger partial charge in [-0.3, -0.25) is 9.59 Å². The quantitative estimate of drug-likeness (QED) is 0.297. The standard InChI is InChI=1S/C29H36N6O4S/c1-6-16-40-29-32-28-30-19(4)25(27(37)31-21-12-10-9-11-13-21)26(35(28)33-29)20-14-15-22(23(17-20)38-5)39-18-24(36)34(7-2)8-3/h9-15,17,26H,6-8,16,18H2,1-5H3,(H,31,37)(H,30,32,33). The number of carbonyl (C=O) groups is 2. The molecule has 2 amide bonds. The molecule has 0 bridgehead atoms. The van der Waals surface area contributed by atoms with Crippen LogP contribution in [0.2, 0.25) is 0 Å². The molecular weight excluding hydrogens is 528 g/mol. The molecule has 0 aliphatic carbocycles. The van der Waals surface area contributed by atoms with Crippen molar-refractivity contribution in [3.63, 3.8) is 0 Å². The molecule has 0 fully saturated rings. The molecule has 0 radical (unpaired) electrons. The predicted molar refractivity (Wildman–Crippen MR) is 157 cm³/mol. The SMILES string of the molecule is CCCSc1nc2n(n1)C(c1ccc(OCC(=O)N(CC)CC)c(OC)c1)C(C(=O)Nc1ccccc1)=C(C)N2. The largest absolute Gasteiger partial charge is 0.493 e. The Bertz CT molecular complexity index is 1370. The Morgan fingerprint density at radius 2 is 1.85 bits per heavy atom. The van der Waals surface area contributed by atoms with E-state index in [-0.39, 0.29) is 18.4 Å². The van der Waals surface area contributed by atoms with Crippen molar-refractivity contribution in [1.82, 2.24) is 19.7 Å². The topological polar surface area (TPSA) is 111 Å². The normalized spacial score (nSPS) is 14.3. The van der Waals surface area contributed by atoms with Crippen LogP contribution in [0.5, 0.6) is 11.5 Å². The summed E-state index contributed by atoms with van der Waals surface area (Å²) in [6.45, 7) is 8.96. The van der Waals surface area contributed by atoms with Crippen molar-refractivity contribution in [3.8, 4) is 11.5 Å². The highest BCUT2D eigenvalue weighted by Crippen LogP contribution is 2.40. The van der Waals surface area contributed by atoms with Gasteiger partial charge in [0.05, 0.1) is 12.7 Å². The molecule has 40 heavy (non-hydrogen) atoms. The lowest BCUT2D eigenvalue weighted by Gasteiger charge is -2.29. The molecule has 10 nitrogen and oxygen atoms in total. The zero-order valence-corrected chi connectivity index (χ0v) is 24.4. The summed E-state index contributed by atoms with van der Waals surface area (Å²) in [6.07, 6.45) is 0.989. The van der Waals surface area contributed by atoms with Crippen LogP contribution in [0.15, 0.2) is 65.0 Å². The number of methoxy groups -OCH3 is 1. The average molecular weight is 565 g/mol. The van der Waals surface area contributed by atoms with E-state index in [1.54, 1.807) is 34.5 Å². The zero-order valence-electron chi connectivity index (χ0n) is 23.6. The second kappa shape index (κ2) is 13.4. The fourth-order valence-electron chi connectivity index (χ4n) is 4.49. The summed E-state index contributed by atoms with van der Waals surface area (Å²) >= 11 is 1.57. The number of thioether (sulfide) groups is 1. The maximum absolute atomic E-state index is 13.7. The van der Waals surface area contributed by atoms with Gasteiger partial charge in [0.15, 0.2) is 18.1 Å². The summed E-state index contributed by atoms with van der Waals surface area (Å²) in [6, 6.07) is 14.2. The number of likely N-dealkylation sites (N-methyl/N-ethyl adjacent to an activating group) is 1. The van der Waals surface area contributed by atoms with E-state index in [1.807, 2.05) is 63.2 Å². The summed E-state index contributed by atoms with van der Waals surface area (Å²) in [4.78, 5) is 32.6. The molecule has 1 aromatic heterocycles. The van der Waals surface area contributed by atoms with E-state index in [0.29, 0.717) is 52.7 Å². The average Bonchev–Trinajstić information content (AvgIpc) is 3.37.